The van der Waals surface area contributed by atoms with Crippen molar-refractivity contribution in [1.82, 2.24) is 10.6 Å². The molecule has 3 rings (SSSR count). The average molecular weight is 389 g/mol. The van der Waals surface area contributed by atoms with Gasteiger partial charge in [0.25, 0.3) is 0 Å². The maximum atomic E-state index is 12.4. The molecular formula is C19H23N3O6. The van der Waals surface area contributed by atoms with E-state index in [1.165, 1.54) is 0 Å². The molecule has 1 saturated carbocycles. The number of benzene rings is 1. The number of aliphatic imine (C=N–C) groups is 1. The van der Waals surface area contributed by atoms with Gasteiger partial charge in [-0.2, -0.15) is 0 Å². The van der Waals surface area contributed by atoms with Gasteiger partial charge in [0, 0.05) is 0 Å². The highest BCUT2D eigenvalue weighted by Gasteiger charge is 2.45. The fourth-order valence-corrected chi connectivity index (χ4v) is 3.47. The van der Waals surface area contributed by atoms with Crippen LogP contribution in [0.4, 0.5) is 4.79 Å². The van der Waals surface area contributed by atoms with Gasteiger partial charge < -0.3 is 25.6 Å². The summed E-state index contributed by atoms with van der Waals surface area (Å²) in [6, 6.07) is 7.79. The van der Waals surface area contributed by atoms with Gasteiger partial charge in [0.2, 0.25) is 0 Å². The van der Waals surface area contributed by atoms with Crippen LogP contribution in [0.25, 0.3) is 0 Å². The van der Waals surface area contributed by atoms with Crippen LogP contribution in [0.5, 0.6) is 0 Å². The van der Waals surface area contributed by atoms with Gasteiger partial charge in [0.05, 0.1) is 6.10 Å². The SMILES string of the molecule is O=C(NC1(C2=NCC(=O)C(C(=O)O)N2)CCC(O)CC1)OCc1ccccc1. The van der Waals surface area contributed by atoms with E-state index >= 15 is 0 Å². The molecule has 0 radical (unpaired) electrons. The number of amidine groups is 1. The number of alkyl carbamates (subject to hydrolysis) is 1. The number of hydrogen-bond acceptors (Lipinski definition) is 7. The van der Waals surface area contributed by atoms with Crippen LogP contribution in [0.3, 0.4) is 0 Å². The van der Waals surface area contributed by atoms with E-state index in [1.54, 1.807) is 0 Å². The van der Waals surface area contributed by atoms with Crippen molar-refractivity contribution in [3.05, 3.63) is 35.9 Å². The zero-order valence-corrected chi connectivity index (χ0v) is 15.3. The number of nitrogens with one attached hydrogen (secondary N) is 2. The predicted molar refractivity (Wildman–Crippen MR) is 98.8 cm³/mol. The number of ether oxygens (including phenoxy) is 1. The number of hydrogen-bond donors (Lipinski definition) is 4. The molecule has 28 heavy (non-hydrogen) atoms. The van der Waals surface area contributed by atoms with Crippen molar-refractivity contribution in [3.63, 3.8) is 0 Å². The molecule has 9 heteroatoms. The number of amides is 1. The molecule has 1 aromatic rings. The van der Waals surface area contributed by atoms with Crippen LogP contribution in [-0.2, 0) is 20.9 Å². The van der Waals surface area contributed by atoms with E-state index in [9.17, 15) is 24.6 Å². The molecule has 0 saturated heterocycles. The Bertz CT molecular complexity index is 771. The van der Waals surface area contributed by atoms with Crippen LogP contribution in [-0.4, -0.2) is 58.1 Å². The quantitative estimate of drug-likeness (QED) is 0.542. The Morgan fingerprint density at radius 2 is 1.93 bits per heavy atom. The molecule has 1 fully saturated rings. The monoisotopic (exact) mass is 389 g/mol. The van der Waals surface area contributed by atoms with Gasteiger partial charge >= 0.3 is 12.1 Å². The normalized spacial score (nSPS) is 27.3. The zero-order chi connectivity index (χ0) is 20.1. The Hall–Kier alpha value is -2.94. The number of aliphatic carboxylic acids is 1. The van der Waals surface area contributed by atoms with Crippen LogP contribution in [0, 0.1) is 0 Å². The summed E-state index contributed by atoms with van der Waals surface area (Å²) in [5.41, 5.74) is -0.183. The van der Waals surface area contributed by atoms with Gasteiger partial charge in [-0.05, 0) is 31.2 Å². The summed E-state index contributed by atoms with van der Waals surface area (Å²) in [6.07, 6.45) is 0.336. The van der Waals surface area contributed by atoms with Gasteiger partial charge in [0.1, 0.15) is 24.5 Å². The molecule has 1 unspecified atom stereocenters. The van der Waals surface area contributed by atoms with Crippen LogP contribution in [0.1, 0.15) is 31.2 Å². The second-order valence-electron chi connectivity index (χ2n) is 7.05. The van der Waals surface area contributed by atoms with Crippen molar-refractivity contribution in [2.45, 2.75) is 50.0 Å². The molecule has 150 valence electrons. The van der Waals surface area contributed by atoms with Crippen molar-refractivity contribution in [2.75, 3.05) is 6.54 Å². The lowest BCUT2D eigenvalue weighted by molar-refractivity contribution is -0.142. The van der Waals surface area contributed by atoms with E-state index in [4.69, 9.17) is 4.74 Å². The van der Waals surface area contributed by atoms with E-state index in [1.807, 2.05) is 30.3 Å². The summed E-state index contributed by atoms with van der Waals surface area (Å²) < 4.78 is 5.29. The first-order valence-electron chi connectivity index (χ1n) is 9.13. The number of carbonyl (C=O) groups excluding carboxylic acids is 2. The zero-order valence-electron chi connectivity index (χ0n) is 15.3. The third-order valence-corrected chi connectivity index (χ3v) is 5.06. The van der Waals surface area contributed by atoms with Crippen molar-refractivity contribution in [2.24, 2.45) is 4.99 Å². The Labute approximate surface area is 161 Å². The predicted octanol–water partition coefficient (Wildman–Crippen LogP) is 0.611. The molecule has 1 heterocycles. The first-order chi connectivity index (χ1) is 13.4. The van der Waals surface area contributed by atoms with Gasteiger partial charge in [-0.1, -0.05) is 30.3 Å². The van der Waals surface area contributed by atoms with Gasteiger partial charge in [0.15, 0.2) is 11.8 Å². The number of carbonyl (C=O) groups is 3. The lowest BCUT2D eigenvalue weighted by Crippen LogP contribution is -2.65. The van der Waals surface area contributed by atoms with Crippen LogP contribution in [0.2, 0.25) is 0 Å². The maximum absolute atomic E-state index is 12.4. The summed E-state index contributed by atoms with van der Waals surface area (Å²) in [6.45, 7) is -0.189. The highest BCUT2D eigenvalue weighted by Crippen LogP contribution is 2.30. The molecule has 1 amide bonds. The molecule has 1 atom stereocenters. The second-order valence-corrected chi connectivity index (χ2v) is 7.05. The third-order valence-electron chi connectivity index (χ3n) is 5.06. The number of Topliss-reactive ketones (excluding diaryl/α,β-unsaturated/α-hetero) is 1. The van der Waals surface area contributed by atoms with Crippen LogP contribution < -0.4 is 10.6 Å². The maximum Gasteiger partial charge on any atom is 0.408 e. The number of rotatable bonds is 5. The minimum absolute atomic E-state index is 0.0848. The van der Waals surface area contributed by atoms with Crippen LogP contribution >= 0.6 is 0 Å². The van der Waals surface area contributed by atoms with Gasteiger partial charge in [-0.15, -0.1) is 0 Å². The molecule has 0 spiro atoms. The molecule has 1 aromatic carbocycles. The van der Waals surface area contributed by atoms with E-state index < -0.39 is 35.5 Å². The van der Waals surface area contributed by atoms with Gasteiger partial charge in [-0.25, -0.2) is 9.59 Å². The standard InChI is InChI=1S/C19H23N3O6/c23-13-6-8-19(9-7-13,17-20-10-14(24)15(21-17)16(25)26)22-18(27)28-11-12-4-2-1-3-5-12/h1-5,13,15,23H,6-11H2,(H,20,21)(H,22,27)(H,25,26). The number of carboxylic acids is 1. The van der Waals surface area contributed by atoms with Gasteiger partial charge in [-0.3, -0.25) is 9.79 Å². The third kappa shape index (κ3) is 4.48. The number of carboxylic acid groups (broad SMARTS) is 1. The van der Waals surface area contributed by atoms with Crippen molar-refractivity contribution < 1.29 is 29.3 Å². The fourth-order valence-electron chi connectivity index (χ4n) is 3.47. The number of nitrogens with zero attached hydrogens (tertiary/aromatic N) is 1. The van der Waals surface area contributed by atoms with Crippen molar-refractivity contribution >= 4 is 23.7 Å². The number of aliphatic hydroxyl groups excluding tert-OH is 1. The second kappa shape index (κ2) is 8.39. The minimum atomic E-state index is -1.40. The lowest BCUT2D eigenvalue weighted by atomic mass is 9.78. The highest BCUT2D eigenvalue weighted by molar-refractivity contribution is 6.11. The van der Waals surface area contributed by atoms with Crippen molar-refractivity contribution in [3.8, 4) is 0 Å². The molecule has 0 bridgehead atoms. The molecular weight excluding hydrogens is 366 g/mol. The van der Waals surface area contributed by atoms with E-state index in [2.05, 4.69) is 15.6 Å². The molecule has 2 aliphatic rings. The molecule has 9 nitrogen and oxygen atoms in total. The van der Waals surface area contributed by atoms with Crippen LogP contribution in [0.15, 0.2) is 35.3 Å². The number of aliphatic hydroxyl groups is 1. The first-order valence-corrected chi connectivity index (χ1v) is 9.13. The van der Waals surface area contributed by atoms with E-state index in [0.717, 1.165) is 5.56 Å². The summed E-state index contributed by atoms with van der Waals surface area (Å²) in [5, 5.41) is 24.6. The minimum Gasteiger partial charge on any atom is -0.479 e. The smallest absolute Gasteiger partial charge is 0.408 e. The summed E-state index contributed by atoms with van der Waals surface area (Å²) in [5.74, 6) is -1.60. The highest BCUT2D eigenvalue weighted by atomic mass is 16.5. The average Bonchev–Trinajstić information content (AvgIpc) is 2.69. The Kier molecular flexibility index (Phi) is 5.93. The van der Waals surface area contributed by atoms with Crippen molar-refractivity contribution in [1.29, 1.82) is 0 Å². The topological polar surface area (TPSA) is 137 Å². The Balaban J connectivity index is 1.74. The summed E-state index contributed by atoms with van der Waals surface area (Å²) in [4.78, 5) is 39.7. The fraction of sp³-hybridized carbons (Fsp3) is 0.474. The Morgan fingerprint density at radius 1 is 1.25 bits per heavy atom. The summed E-state index contributed by atoms with van der Waals surface area (Å²) >= 11 is 0. The first kappa shape index (κ1) is 19.8. The summed E-state index contributed by atoms with van der Waals surface area (Å²) in [7, 11) is 0. The molecule has 1 aliphatic carbocycles. The molecule has 1 aliphatic heterocycles. The molecule has 4 N–H and O–H groups in total. The Morgan fingerprint density at radius 3 is 2.57 bits per heavy atom. The number of ketones is 1. The van der Waals surface area contributed by atoms with E-state index in [-0.39, 0.29) is 19.0 Å². The largest absolute Gasteiger partial charge is 0.479 e. The molecule has 0 aromatic heterocycles. The lowest BCUT2D eigenvalue weighted by Gasteiger charge is -2.41. The van der Waals surface area contributed by atoms with E-state index in [0.29, 0.717) is 25.7 Å².